The number of para-hydroxylation sites is 1. The molecule has 1 aromatic heterocycles. The Labute approximate surface area is 118 Å². The molecule has 0 aliphatic heterocycles. The molecule has 0 amide bonds. The molecular formula is C11H12IN3OS. The van der Waals surface area contributed by atoms with Crippen molar-refractivity contribution < 1.29 is 4.74 Å². The van der Waals surface area contributed by atoms with Crippen LogP contribution in [0.5, 0.6) is 5.75 Å². The lowest BCUT2D eigenvalue weighted by Crippen LogP contribution is -1.96. The number of hydrogen-bond acceptors (Lipinski definition) is 5. The first kappa shape index (κ1) is 12.6. The highest BCUT2D eigenvalue weighted by Gasteiger charge is 2.05. The number of rotatable bonds is 5. The second-order valence-corrected chi connectivity index (χ2v) is 5.47. The summed E-state index contributed by atoms with van der Waals surface area (Å²) in [6, 6.07) is 7.92. The zero-order chi connectivity index (χ0) is 12.1. The molecule has 0 aliphatic rings. The molecule has 0 saturated carbocycles. The van der Waals surface area contributed by atoms with E-state index in [0.717, 1.165) is 26.0 Å². The second kappa shape index (κ2) is 6.15. The molecule has 1 N–H and O–H groups in total. The fourth-order valence-electron chi connectivity index (χ4n) is 1.24. The Morgan fingerprint density at radius 1 is 1.35 bits per heavy atom. The molecular weight excluding hydrogens is 349 g/mol. The highest BCUT2D eigenvalue weighted by molar-refractivity contribution is 14.1. The smallest absolute Gasteiger partial charge is 0.205 e. The molecule has 6 heteroatoms. The highest BCUT2D eigenvalue weighted by atomic mass is 127. The number of halogens is 1. The fraction of sp³-hybridized carbons (Fsp3) is 0.273. The molecule has 0 fully saturated rings. The molecule has 0 unspecified atom stereocenters. The van der Waals surface area contributed by atoms with Gasteiger partial charge in [0.2, 0.25) is 5.13 Å². The van der Waals surface area contributed by atoms with Crippen molar-refractivity contribution in [1.82, 2.24) is 10.2 Å². The summed E-state index contributed by atoms with van der Waals surface area (Å²) < 4.78 is 6.79. The van der Waals surface area contributed by atoms with Crippen molar-refractivity contribution in [1.29, 1.82) is 0 Å². The Morgan fingerprint density at radius 2 is 2.18 bits per heavy atom. The SMILES string of the molecule is CCNc1nnc(COc2ccccc2I)s1. The minimum absolute atomic E-state index is 0.461. The summed E-state index contributed by atoms with van der Waals surface area (Å²) in [7, 11) is 0. The van der Waals surface area contributed by atoms with Crippen LogP contribution in [0, 0.1) is 3.57 Å². The van der Waals surface area contributed by atoms with Gasteiger partial charge in [0, 0.05) is 6.54 Å². The van der Waals surface area contributed by atoms with E-state index in [1.54, 1.807) is 0 Å². The van der Waals surface area contributed by atoms with Crippen LogP contribution < -0.4 is 10.1 Å². The third-order valence-electron chi connectivity index (χ3n) is 1.98. The van der Waals surface area contributed by atoms with E-state index in [2.05, 4.69) is 38.1 Å². The van der Waals surface area contributed by atoms with Crippen LogP contribution in [0.25, 0.3) is 0 Å². The predicted molar refractivity (Wildman–Crippen MR) is 77.6 cm³/mol. The number of benzene rings is 1. The van der Waals surface area contributed by atoms with E-state index < -0.39 is 0 Å². The minimum Gasteiger partial charge on any atom is -0.485 e. The summed E-state index contributed by atoms with van der Waals surface area (Å²) in [5.74, 6) is 0.883. The van der Waals surface area contributed by atoms with Crippen LogP contribution in [0.4, 0.5) is 5.13 Å². The Bertz CT molecular complexity index is 489. The molecule has 0 aliphatic carbocycles. The van der Waals surface area contributed by atoms with Gasteiger partial charge < -0.3 is 10.1 Å². The summed E-state index contributed by atoms with van der Waals surface area (Å²) in [4.78, 5) is 0. The zero-order valence-electron chi connectivity index (χ0n) is 9.31. The van der Waals surface area contributed by atoms with Crippen LogP contribution in [0.1, 0.15) is 11.9 Å². The molecule has 2 aromatic rings. The van der Waals surface area contributed by atoms with Crippen molar-refractivity contribution in [3.05, 3.63) is 32.8 Å². The van der Waals surface area contributed by atoms with Gasteiger partial charge in [-0.3, -0.25) is 0 Å². The van der Waals surface area contributed by atoms with Crippen molar-refractivity contribution in [3.63, 3.8) is 0 Å². The van der Waals surface area contributed by atoms with Crippen molar-refractivity contribution >= 4 is 39.1 Å². The summed E-state index contributed by atoms with van der Waals surface area (Å²) >= 11 is 3.77. The highest BCUT2D eigenvalue weighted by Crippen LogP contribution is 2.22. The lowest BCUT2D eigenvalue weighted by molar-refractivity contribution is 0.302. The van der Waals surface area contributed by atoms with E-state index in [9.17, 15) is 0 Å². The topological polar surface area (TPSA) is 47.0 Å². The monoisotopic (exact) mass is 361 g/mol. The first-order valence-electron chi connectivity index (χ1n) is 5.23. The van der Waals surface area contributed by atoms with Crippen LogP contribution in [0.15, 0.2) is 24.3 Å². The Kier molecular flexibility index (Phi) is 4.55. The van der Waals surface area contributed by atoms with E-state index in [1.807, 2.05) is 31.2 Å². The maximum absolute atomic E-state index is 5.69. The number of aromatic nitrogens is 2. The molecule has 2 rings (SSSR count). The first-order valence-corrected chi connectivity index (χ1v) is 7.12. The molecule has 0 spiro atoms. The largest absolute Gasteiger partial charge is 0.485 e. The minimum atomic E-state index is 0.461. The molecule has 0 saturated heterocycles. The van der Waals surface area contributed by atoms with Crippen LogP contribution in [0.3, 0.4) is 0 Å². The first-order chi connectivity index (χ1) is 8.29. The number of ether oxygens (including phenoxy) is 1. The number of hydrogen-bond donors (Lipinski definition) is 1. The summed E-state index contributed by atoms with van der Waals surface area (Å²) in [5, 5.41) is 12.9. The normalized spacial score (nSPS) is 10.2. The lowest BCUT2D eigenvalue weighted by atomic mass is 10.3. The van der Waals surface area contributed by atoms with E-state index in [0.29, 0.717) is 6.61 Å². The lowest BCUT2D eigenvalue weighted by Gasteiger charge is -2.04. The van der Waals surface area contributed by atoms with E-state index in [1.165, 1.54) is 11.3 Å². The van der Waals surface area contributed by atoms with Gasteiger partial charge in [-0.2, -0.15) is 0 Å². The molecule has 4 nitrogen and oxygen atoms in total. The molecule has 1 heterocycles. The van der Waals surface area contributed by atoms with Gasteiger partial charge in [0.25, 0.3) is 0 Å². The maximum atomic E-state index is 5.69. The average Bonchev–Trinajstić information content (AvgIpc) is 2.76. The van der Waals surface area contributed by atoms with Crippen LogP contribution in [-0.2, 0) is 6.61 Å². The Hall–Kier alpha value is -0.890. The molecule has 0 atom stereocenters. The van der Waals surface area contributed by atoms with E-state index in [4.69, 9.17) is 4.74 Å². The summed E-state index contributed by atoms with van der Waals surface area (Å²) in [6.45, 7) is 3.35. The summed E-state index contributed by atoms with van der Waals surface area (Å²) in [5.41, 5.74) is 0. The number of nitrogens with zero attached hydrogens (tertiary/aromatic N) is 2. The molecule has 17 heavy (non-hydrogen) atoms. The van der Waals surface area contributed by atoms with Gasteiger partial charge in [-0.15, -0.1) is 10.2 Å². The quantitative estimate of drug-likeness (QED) is 0.832. The van der Waals surface area contributed by atoms with Gasteiger partial charge in [-0.1, -0.05) is 23.5 Å². The fourth-order valence-corrected chi connectivity index (χ4v) is 2.50. The van der Waals surface area contributed by atoms with Crippen molar-refractivity contribution in [2.75, 3.05) is 11.9 Å². The molecule has 0 bridgehead atoms. The third-order valence-corrected chi connectivity index (χ3v) is 3.73. The van der Waals surface area contributed by atoms with Gasteiger partial charge in [0.1, 0.15) is 12.4 Å². The van der Waals surface area contributed by atoms with E-state index in [-0.39, 0.29) is 0 Å². The maximum Gasteiger partial charge on any atom is 0.205 e. The zero-order valence-corrected chi connectivity index (χ0v) is 12.3. The average molecular weight is 361 g/mol. The van der Waals surface area contributed by atoms with E-state index >= 15 is 0 Å². The second-order valence-electron chi connectivity index (χ2n) is 3.25. The van der Waals surface area contributed by atoms with Gasteiger partial charge in [-0.05, 0) is 41.6 Å². The number of anilines is 1. The van der Waals surface area contributed by atoms with Gasteiger partial charge in [0.15, 0.2) is 5.01 Å². The third kappa shape index (κ3) is 3.53. The Morgan fingerprint density at radius 3 is 2.94 bits per heavy atom. The summed E-state index contributed by atoms with van der Waals surface area (Å²) in [6.07, 6.45) is 0. The van der Waals surface area contributed by atoms with Crippen molar-refractivity contribution in [2.45, 2.75) is 13.5 Å². The van der Waals surface area contributed by atoms with Crippen molar-refractivity contribution in [3.8, 4) is 5.75 Å². The van der Waals surface area contributed by atoms with Gasteiger partial charge in [-0.25, -0.2) is 0 Å². The van der Waals surface area contributed by atoms with Crippen molar-refractivity contribution in [2.24, 2.45) is 0 Å². The van der Waals surface area contributed by atoms with Gasteiger partial charge in [0.05, 0.1) is 3.57 Å². The van der Waals surface area contributed by atoms with Crippen LogP contribution in [-0.4, -0.2) is 16.7 Å². The molecule has 90 valence electrons. The predicted octanol–water partition coefficient (Wildman–Crippen LogP) is 3.15. The molecule has 0 radical (unpaired) electrons. The molecule has 1 aromatic carbocycles. The van der Waals surface area contributed by atoms with Crippen LogP contribution in [0.2, 0.25) is 0 Å². The van der Waals surface area contributed by atoms with Gasteiger partial charge >= 0.3 is 0 Å². The Balaban J connectivity index is 1.95. The van der Waals surface area contributed by atoms with Crippen LogP contribution >= 0.6 is 33.9 Å². The number of nitrogens with one attached hydrogen (secondary N) is 1. The standard InChI is InChI=1S/C11H12IN3OS/c1-2-13-11-15-14-10(17-11)7-16-9-6-4-3-5-8(9)12/h3-6H,2,7H2,1H3,(H,13,15).